The number of nitrogens with zero attached hydrogens (tertiary/aromatic N) is 3. The largest absolute Gasteiger partial charge is 0.483 e. The van der Waals surface area contributed by atoms with E-state index in [0.29, 0.717) is 18.1 Å². The van der Waals surface area contributed by atoms with Crippen LogP contribution in [0.4, 0.5) is 4.39 Å². The number of thioether (sulfide) groups is 1. The Balaban J connectivity index is 2.11. The highest BCUT2D eigenvalue weighted by Gasteiger charge is 2.13. The molecule has 1 aromatic carbocycles. The minimum Gasteiger partial charge on any atom is -0.483 e. The molecule has 0 unspecified atom stereocenters. The predicted molar refractivity (Wildman–Crippen MR) is 89.7 cm³/mol. The van der Waals surface area contributed by atoms with E-state index >= 15 is 0 Å². The van der Waals surface area contributed by atoms with E-state index in [2.05, 4.69) is 39.3 Å². The average Bonchev–Trinajstić information content (AvgIpc) is 2.87. The zero-order chi connectivity index (χ0) is 15.9. The Bertz CT molecular complexity index is 675. The van der Waals surface area contributed by atoms with Gasteiger partial charge in [0.05, 0.1) is 0 Å². The summed E-state index contributed by atoms with van der Waals surface area (Å²) in [6.07, 6.45) is 1.75. The second-order valence-electron chi connectivity index (χ2n) is 4.32. The van der Waals surface area contributed by atoms with E-state index < -0.39 is 5.82 Å². The maximum absolute atomic E-state index is 13.6. The molecule has 7 heteroatoms. The molecular weight excluding hydrogens is 369 g/mol. The molecule has 0 radical (unpaired) electrons. The Kier molecular flexibility index (Phi) is 6.21. The predicted octanol–water partition coefficient (Wildman–Crippen LogP) is 4.18. The second-order valence-corrected chi connectivity index (χ2v) is 6.39. The van der Waals surface area contributed by atoms with E-state index in [1.165, 1.54) is 17.8 Å². The van der Waals surface area contributed by atoms with E-state index in [1.54, 1.807) is 24.3 Å². The van der Waals surface area contributed by atoms with Gasteiger partial charge in [0.1, 0.15) is 6.61 Å². The summed E-state index contributed by atoms with van der Waals surface area (Å²) in [7, 11) is 0. The van der Waals surface area contributed by atoms with Crippen LogP contribution in [0.1, 0.15) is 5.82 Å². The SMILES string of the molecule is C=CCn1c(COc2ccccc2F)nnc1SCC(=C)Br. The Morgan fingerprint density at radius 1 is 1.41 bits per heavy atom. The van der Waals surface area contributed by atoms with Gasteiger partial charge in [0.15, 0.2) is 22.5 Å². The van der Waals surface area contributed by atoms with Gasteiger partial charge in [-0.25, -0.2) is 4.39 Å². The van der Waals surface area contributed by atoms with Crippen molar-refractivity contribution in [3.8, 4) is 5.75 Å². The smallest absolute Gasteiger partial charge is 0.191 e. The fourth-order valence-electron chi connectivity index (χ4n) is 1.69. The highest BCUT2D eigenvalue weighted by Crippen LogP contribution is 2.22. The minimum atomic E-state index is -0.400. The second kappa shape index (κ2) is 8.14. The molecule has 0 aliphatic carbocycles. The molecule has 0 bridgehead atoms. The lowest BCUT2D eigenvalue weighted by atomic mass is 10.3. The molecule has 116 valence electrons. The van der Waals surface area contributed by atoms with Gasteiger partial charge < -0.3 is 4.74 Å². The summed E-state index contributed by atoms with van der Waals surface area (Å²) in [6.45, 7) is 8.21. The third-order valence-corrected chi connectivity index (χ3v) is 4.36. The zero-order valence-corrected chi connectivity index (χ0v) is 14.2. The molecule has 0 spiro atoms. The van der Waals surface area contributed by atoms with Crippen molar-refractivity contribution in [3.63, 3.8) is 0 Å². The fourth-order valence-corrected chi connectivity index (χ4v) is 2.76. The standard InChI is InChI=1S/C15H15BrFN3OS/c1-3-8-20-14(18-19-15(20)22-10-11(2)16)9-21-13-7-5-4-6-12(13)17/h3-7H,1-2,8-10H2. The van der Waals surface area contributed by atoms with Gasteiger partial charge in [0.2, 0.25) is 0 Å². The van der Waals surface area contributed by atoms with Crippen molar-refractivity contribution < 1.29 is 9.13 Å². The first kappa shape index (κ1) is 16.8. The fraction of sp³-hybridized carbons (Fsp3) is 0.200. The van der Waals surface area contributed by atoms with Gasteiger partial charge >= 0.3 is 0 Å². The lowest BCUT2D eigenvalue weighted by molar-refractivity contribution is 0.275. The molecule has 1 aromatic heterocycles. The Hall–Kier alpha value is -1.60. The van der Waals surface area contributed by atoms with Crippen LogP contribution in [0.5, 0.6) is 5.75 Å². The van der Waals surface area contributed by atoms with Crippen molar-refractivity contribution in [2.75, 3.05) is 5.75 Å². The number of para-hydroxylation sites is 1. The number of benzene rings is 1. The molecule has 0 aliphatic rings. The lowest BCUT2D eigenvalue weighted by Gasteiger charge is -2.09. The van der Waals surface area contributed by atoms with E-state index in [-0.39, 0.29) is 12.4 Å². The van der Waals surface area contributed by atoms with Crippen LogP contribution in [0.15, 0.2) is 53.1 Å². The molecule has 0 saturated heterocycles. The Morgan fingerprint density at radius 3 is 2.86 bits per heavy atom. The number of ether oxygens (including phenoxy) is 1. The maximum atomic E-state index is 13.6. The molecule has 0 atom stereocenters. The van der Waals surface area contributed by atoms with Crippen molar-refractivity contribution in [3.05, 3.63) is 59.6 Å². The van der Waals surface area contributed by atoms with Crippen LogP contribution in [-0.4, -0.2) is 20.5 Å². The molecule has 1 heterocycles. The summed E-state index contributed by atoms with van der Waals surface area (Å²) in [5.41, 5.74) is 0. The summed E-state index contributed by atoms with van der Waals surface area (Å²) < 4.78 is 21.8. The number of allylic oxidation sites excluding steroid dienone is 1. The molecular formula is C15H15BrFN3OS. The van der Waals surface area contributed by atoms with Gasteiger partial charge in [-0.1, -0.05) is 52.5 Å². The summed E-state index contributed by atoms with van der Waals surface area (Å²) in [6, 6.07) is 6.26. The van der Waals surface area contributed by atoms with Crippen LogP contribution in [0.2, 0.25) is 0 Å². The van der Waals surface area contributed by atoms with Gasteiger partial charge in [0.25, 0.3) is 0 Å². The van der Waals surface area contributed by atoms with Crippen molar-refractivity contribution in [1.29, 1.82) is 0 Å². The van der Waals surface area contributed by atoms with Gasteiger partial charge in [-0.05, 0) is 16.6 Å². The third-order valence-electron chi connectivity index (χ3n) is 2.66. The highest BCUT2D eigenvalue weighted by molar-refractivity contribution is 9.11. The van der Waals surface area contributed by atoms with Crippen molar-refractivity contribution in [1.82, 2.24) is 14.8 Å². The normalized spacial score (nSPS) is 10.5. The number of hydrogen-bond donors (Lipinski definition) is 0. The molecule has 0 fully saturated rings. The summed E-state index contributed by atoms with van der Waals surface area (Å²) in [5.74, 6) is 1.09. The zero-order valence-electron chi connectivity index (χ0n) is 11.8. The molecule has 0 N–H and O–H groups in total. The van der Waals surface area contributed by atoms with E-state index in [0.717, 1.165) is 9.64 Å². The van der Waals surface area contributed by atoms with Crippen LogP contribution in [0, 0.1) is 5.82 Å². The molecule has 0 aliphatic heterocycles. The van der Waals surface area contributed by atoms with Gasteiger partial charge in [-0.15, -0.1) is 16.8 Å². The number of halogens is 2. The van der Waals surface area contributed by atoms with Crippen LogP contribution in [0.3, 0.4) is 0 Å². The minimum absolute atomic E-state index is 0.137. The Morgan fingerprint density at radius 2 is 2.18 bits per heavy atom. The van der Waals surface area contributed by atoms with Gasteiger partial charge in [-0.3, -0.25) is 4.57 Å². The third kappa shape index (κ3) is 4.45. The highest BCUT2D eigenvalue weighted by atomic mass is 79.9. The summed E-state index contributed by atoms with van der Waals surface area (Å²) in [5, 5.41) is 8.99. The topological polar surface area (TPSA) is 39.9 Å². The monoisotopic (exact) mass is 383 g/mol. The van der Waals surface area contributed by atoms with E-state index in [1.807, 2.05) is 4.57 Å². The first-order valence-electron chi connectivity index (χ1n) is 6.48. The Labute approximate surface area is 141 Å². The van der Waals surface area contributed by atoms with Gasteiger partial charge in [-0.2, -0.15) is 0 Å². The molecule has 2 aromatic rings. The summed E-state index contributed by atoms with van der Waals surface area (Å²) >= 11 is 4.82. The van der Waals surface area contributed by atoms with Crippen molar-refractivity contribution in [2.45, 2.75) is 18.3 Å². The quantitative estimate of drug-likeness (QED) is 0.506. The van der Waals surface area contributed by atoms with Crippen molar-refractivity contribution >= 4 is 27.7 Å². The maximum Gasteiger partial charge on any atom is 0.191 e. The first-order valence-corrected chi connectivity index (χ1v) is 8.26. The van der Waals surface area contributed by atoms with Crippen LogP contribution < -0.4 is 4.74 Å². The molecule has 4 nitrogen and oxygen atoms in total. The number of hydrogen-bond acceptors (Lipinski definition) is 4. The number of aromatic nitrogens is 3. The van der Waals surface area contributed by atoms with Crippen molar-refractivity contribution in [2.24, 2.45) is 0 Å². The summed E-state index contributed by atoms with van der Waals surface area (Å²) in [4.78, 5) is 0. The van der Waals surface area contributed by atoms with Crippen LogP contribution in [0.25, 0.3) is 0 Å². The molecule has 0 saturated carbocycles. The number of rotatable bonds is 8. The first-order chi connectivity index (χ1) is 10.6. The average molecular weight is 384 g/mol. The van der Waals surface area contributed by atoms with E-state index in [9.17, 15) is 4.39 Å². The molecule has 0 amide bonds. The van der Waals surface area contributed by atoms with E-state index in [4.69, 9.17) is 4.74 Å². The van der Waals surface area contributed by atoms with Crippen LogP contribution in [-0.2, 0) is 13.2 Å². The molecule has 22 heavy (non-hydrogen) atoms. The lowest BCUT2D eigenvalue weighted by Crippen LogP contribution is -2.08. The van der Waals surface area contributed by atoms with Crippen LogP contribution >= 0.6 is 27.7 Å². The molecule has 2 rings (SSSR count). The van der Waals surface area contributed by atoms with Gasteiger partial charge in [0, 0.05) is 12.3 Å².